The zero-order valence-electron chi connectivity index (χ0n) is 28.5. The molecule has 2 saturated heterocycles. The highest BCUT2D eigenvalue weighted by molar-refractivity contribution is 5.96. The first-order valence-corrected chi connectivity index (χ1v) is 17.3. The molecule has 0 aliphatic carbocycles. The fraction of sp³-hybridized carbons (Fsp3) is 0.568. The molecule has 2 fully saturated rings. The fourth-order valence-corrected chi connectivity index (χ4v) is 7.23. The number of amides is 1. The van der Waals surface area contributed by atoms with Crippen molar-refractivity contribution in [1.82, 2.24) is 19.8 Å². The van der Waals surface area contributed by atoms with Crippen LogP contribution in [0.2, 0.25) is 0 Å². The summed E-state index contributed by atoms with van der Waals surface area (Å²) >= 11 is 0. The van der Waals surface area contributed by atoms with Crippen LogP contribution in [0.1, 0.15) is 69.7 Å². The van der Waals surface area contributed by atoms with Crippen LogP contribution in [0.4, 0.5) is 16.3 Å². The summed E-state index contributed by atoms with van der Waals surface area (Å²) < 4.78 is 12.0. The number of aromatic nitrogens is 2. The van der Waals surface area contributed by atoms with Gasteiger partial charge in [-0.1, -0.05) is 36.8 Å². The van der Waals surface area contributed by atoms with Crippen molar-refractivity contribution in [2.45, 2.75) is 84.4 Å². The van der Waals surface area contributed by atoms with Gasteiger partial charge in [0.1, 0.15) is 18.0 Å². The molecule has 250 valence electrons. The summed E-state index contributed by atoms with van der Waals surface area (Å²) in [6, 6.07) is 15.4. The molecule has 10 heteroatoms. The Bertz CT molecular complexity index is 1600. The van der Waals surface area contributed by atoms with E-state index in [1.54, 1.807) is 4.90 Å². The van der Waals surface area contributed by atoms with E-state index < -0.39 is 5.60 Å². The number of likely N-dealkylation sites (tertiary alicyclic amines) is 1. The molecule has 10 nitrogen and oxygen atoms in total. The van der Waals surface area contributed by atoms with Gasteiger partial charge in [0.2, 0.25) is 0 Å². The number of piperidine rings is 1. The van der Waals surface area contributed by atoms with Gasteiger partial charge in [0, 0.05) is 49.4 Å². The summed E-state index contributed by atoms with van der Waals surface area (Å²) in [5.41, 5.74) is 4.00. The molecule has 0 N–H and O–H groups in total. The van der Waals surface area contributed by atoms with Crippen molar-refractivity contribution in [3.63, 3.8) is 0 Å². The fourth-order valence-electron chi connectivity index (χ4n) is 7.23. The van der Waals surface area contributed by atoms with Crippen LogP contribution in [0.3, 0.4) is 0 Å². The topological polar surface area (TPSA) is 98.1 Å². The third-order valence-corrected chi connectivity index (χ3v) is 9.50. The smallest absolute Gasteiger partial charge is 0.410 e. The van der Waals surface area contributed by atoms with Crippen molar-refractivity contribution in [3.05, 3.63) is 53.2 Å². The zero-order chi connectivity index (χ0) is 33.0. The molecule has 0 radical (unpaired) electrons. The molecule has 0 spiro atoms. The Balaban J connectivity index is 1.31. The molecule has 0 bridgehead atoms. The Morgan fingerprint density at radius 1 is 0.979 bits per heavy atom. The van der Waals surface area contributed by atoms with Crippen molar-refractivity contribution >= 4 is 28.4 Å². The molecule has 3 aromatic rings. The van der Waals surface area contributed by atoms with Gasteiger partial charge in [-0.25, -0.2) is 4.79 Å². The average molecular weight is 640 g/mol. The second-order valence-electron chi connectivity index (χ2n) is 14.1. The van der Waals surface area contributed by atoms with E-state index in [-0.39, 0.29) is 18.6 Å². The number of fused-ring (bicyclic) bond motifs is 2. The predicted octanol–water partition coefficient (Wildman–Crippen LogP) is 6.10. The van der Waals surface area contributed by atoms with Crippen molar-refractivity contribution in [2.24, 2.45) is 0 Å². The molecule has 1 amide bonds. The molecule has 47 heavy (non-hydrogen) atoms. The standard InChI is InChI=1S/C37H49N7O3/c1-27-11-8-12-28-13-9-15-32(33(27)28)42-20-10-14-30-31(26-42)39-35(46-24-23-41-18-6-5-7-19-41)40-34(30)43-21-22-44(29(25-43)16-17-38)36(45)47-37(2,3)4/h8-9,11-13,15,29H,5-7,10,14,16,18-26H2,1-4H3. The number of hydrogen-bond acceptors (Lipinski definition) is 9. The molecule has 3 aliphatic heterocycles. The summed E-state index contributed by atoms with van der Waals surface area (Å²) in [6.07, 6.45) is 5.42. The van der Waals surface area contributed by atoms with Crippen LogP contribution in [-0.2, 0) is 17.7 Å². The number of benzene rings is 2. The van der Waals surface area contributed by atoms with Gasteiger partial charge in [-0.05, 0) is 83.5 Å². The molecule has 2 aromatic carbocycles. The number of aryl methyl sites for hydroxylation is 1. The van der Waals surface area contributed by atoms with E-state index in [1.165, 1.54) is 41.3 Å². The highest BCUT2D eigenvalue weighted by Gasteiger charge is 2.35. The van der Waals surface area contributed by atoms with Crippen molar-refractivity contribution in [1.29, 1.82) is 5.26 Å². The van der Waals surface area contributed by atoms with Gasteiger partial charge < -0.3 is 24.2 Å². The number of carbonyl (C=O) groups is 1. The number of nitrogens with zero attached hydrogens (tertiary/aromatic N) is 7. The van der Waals surface area contributed by atoms with Gasteiger partial charge in [-0.3, -0.25) is 4.90 Å². The van der Waals surface area contributed by atoms with Gasteiger partial charge in [-0.2, -0.15) is 15.2 Å². The van der Waals surface area contributed by atoms with Gasteiger partial charge in [0.25, 0.3) is 0 Å². The summed E-state index contributed by atoms with van der Waals surface area (Å²) in [6.45, 7) is 14.5. The molecular formula is C37H49N7O3. The van der Waals surface area contributed by atoms with Crippen LogP contribution in [0.15, 0.2) is 36.4 Å². The monoisotopic (exact) mass is 639 g/mol. The highest BCUT2D eigenvalue weighted by Crippen LogP contribution is 2.35. The maximum atomic E-state index is 13.1. The van der Waals surface area contributed by atoms with Crippen LogP contribution in [-0.4, -0.2) is 89.9 Å². The molecule has 6 rings (SSSR count). The quantitative estimate of drug-likeness (QED) is 0.304. The van der Waals surface area contributed by atoms with Crippen LogP contribution < -0.4 is 14.5 Å². The van der Waals surface area contributed by atoms with Crippen LogP contribution >= 0.6 is 0 Å². The Labute approximate surface area is 279 Å². The number of carbonyl (C=O) groups excluding carboxylic acids is 1. The lowest BCUT2D eigenvalue weighted by molar-refractivity contribution is 0.0144. The van der Waals surface area contributed by atoms with Crippen LogP contribution in [0.25, 0.3) is 10.8 Å². The molecule has 1 unspecified atom stereocenters. The van der Waals surface area contributed by atoms with Gasteiger partial charge >= 0.3 is 12.1 Å². The average Bonchev–Trinajstić information content (AvgIpc) is 3.27. The second kappa shape index (κ2) is 14.3. The van der Waals surface area contributed by atoms with E-state index >= 15 is 0 Å². The second-order valence-corrected chi connectivity index (χ2v) is 14.1. The molecular weight excluding hydrogens is 590 g/mol. The number of piperazine rings is 1. The molecule has 1 atom stereocenters. The number of ether oxygens (including phenoxy) is 2. The summed E-state index contributed by atoms with van der Waals surface area (Å²) in [5, 5.41) is 12.2. The number of anilines is 2. The lowest BCUT2D eigenvalue weighted by Crippen LogP contribution is -2.56. The largest absolute Gasteiger partial charge is 0.462 e. The maximum Gasteiger partial charge on any atom is 0.410 e. The highest BCUT2D eigenvalue weighted by atomic mass is 16.6. The van der Waals surface area contributed by atoms with E-state index in [0.717, 1.165) is 56.1 Å². The summed E-state index contributed by atoms with van der Waals surface area (Å²) in [7, 11) is 0. The Morgan fingerprint density at radius 2 is 1.77 bits per heavy atom. The third-order valence-electron chi connectivity index (χ3n) is 9.50. The van der Waals surface area contributed by atoms with E-state index in [2.05, 4.69) is 64.1 Å². The molecule has 3 aliphatic rings. The number of hydrogen-bond donors (Lipinski definition) is 0. The van der Waals surface area contributed by atoms with E-state index in [0.29, 0.717) is 38.8 Å². The molecule has 0 saturated carbocycles. The Hall–Kier alpha value is -4.10. The molecule has 1 aromatic heterocycles. The molecule has 4 heterocycles. The van der Waals surface area contributed by atoms with Crippen LogP contribution in [0.5, 0.6) is 6.01 Å². The van der Waals surface area contributed by atoms with Gasteiger partial charge in [0.05, 0.1) is 30.8 Å². The predicted molar refractivity (Wildman–Crippen MR) is 185 cm³/mol. The Morgan fingerprint density at radius 3 is 2.53 bits per heavy atom. The number of rotatable bonds is 7. The van der Waals surface area contributed by atoms with Crippen molar-refractivity contribution < 1.29 is 14.3 Å². The van der Waals surface area contributed by atoms with Crippen LogP contribution in [0, 0.1) is 18.3 Å². The van der Waals surface area contributed by atoms with E-state index in [1.807, 2.05) is 20.8 Å². The first kappa shape index (κ1) is 32.8. The third kappa shape index (κ3) is 7.73. The van der Waals surface area contributed by atoms with E-state index in [9.17, 15) is 10.1 Å². The minimum Gasteiger partial charge on any atom is -0.462 e. The van der Waals surface area contributed by atoms with Crippen molar-refractivity contribution in [2.75, 3.05) is 62.2 Å². The summed E-state index contributed by atoms with van der Waals surface area (Å²) in [4.78, 5) is 32.1. The first-order valence-electron chi connectivity index (χ1n) is 17.3. The first-order chi connectivity index (χ1) is 22.7. The lowest BCUT2D eigenvalue weighted by Gasteiger charge is -2.42. The van der Waals surface area contributed by atoms with E-state index in [4.69, 9.17) is 19.4 Å². The normalized spacial score (nSPS) is 19.2. The zero-order valence-corrected chi connectivity index (χ0v) is 28.5. The van der Waals surface area contributed by atoms with Crippen molar-refractivity contribution in [3.8, 4) is 12.1 Å². The number of nitriles is 1. The summed E-state index contributed by atoms with van der Waals surface area (Å²) in [5.74, 6) is 0.866. The minimum absolute atomic E-state index is 0.219. The lowest BCUT2D eigenvalue weighted by atomic mass is 10.0. The van der Waals surface area contributed by atoms with Gasteiger partial charge in [-0.15, -0.1) is 0 Å². The Kier molecular flexibility index (Phi) is 10.0. The van der Waals surface area contributed by atoms with Gasteiger partial charge in [0.15, 0.2) is 0 Å². The maximum absolute atomic E-state index is 13.1. The minimum atomic E-state index is -0.607. The SMILES string of the molecule is Cc1cccc2cccc(N3CCCc4c(nc(OCCN5CCCCC5)nc4N4CCN(C(=O)OC(C)(C)C)C(CC#N)C4)C3)c12.